The molecule has 2 heterocycles. The van der Waals surface area contributed by atoms with E-state index in [-0.39, 0.29) is 0 Å². The highest BCUT2D eigenvalue weighted by Gasteiger charge is 2.23. The number of hydrogen-bond donors (Lipinski definition) is 0. The highest BCUT2D eigenvalue weighted by molar-refractivity contribution is 6.30. The third-order valence-electron chi connectivity index (χ3n) is 3.97. The van der Waals surface area contributed by atoms with Crippen molar-refractivity contribution in [2.75, 3.05) is 7.11 Å². The molecule has 0 aromatic heterocycles. The lowest BCUT2D eigenvalue weighted by Gasteiger charge is -2.04. The second kappa shape index (κ2) is 6.09. The van der Waals surface area contributed by atoms with Gasteiger partial charge in [-0.25, -0.2) is 4.99 Å². The zero-order chi connectivity index (χ0) is 15.7. The molecule has 0 N–H and O–H groups in total. The molecule has 1 aromatic carbocycles. The molecule has 0 spiro atoms. The standard InChI is InChI=1S/C18H19ClN2O/c1-11-8-12(2)20-15(11)9-17-18(22-3)10-16(21-17)13-4-6-14(19)7-5-13/h4-7,9-12H,8H2,1-3H3/b17-9+. The predicted octanol–water partition coefficient (Wildman–Crippen LogP) is 4.43. The largest absolute Gasteiger partial charge is 0.494 e. The number of rotatable bonds is 3. The van der Waals surface area contributed by atoms with E-state index in [1.807, 2.05) is 36.4 Å². The summed E-state index contributed by atoms with van der Waals surface area (Å²) in [5.74, 6) is 1.25. The van der Waals surface area contributed by atoms with Gasteiger partial charge in [0, 0.05) is 34.3 Å². The number of allylic oxidation sites excluding steroid dienone is 2. The summed E-state index contributed by atoms with van der Waals surface area (Å²) in [7, 11) is 1.67. The number of aliphatic imine (C=N–C) groups is 2. The molecule has 2 aliphatic rings. The minimum absolute atomic E-state index is 0.387. The zero-order valence-corrected chi connectivity index (χ0v) is 13.8. The molecule has 0 amide bonds. The SMILES string of the molecule is COC1=CC(c2ccc(Cl)cc2)=N/C1=C/C1=NC(C)CC1C. The Labute approximate surface area is 136 Å². The first-order valence-corrected chi connectivity index (χ1v) is 7.84. The van der Waals surface area contributed by atoms with Gasteiger partial charge in [-0.15, -0.1) is 0 Å². The molecule has 2 aliphatic heterocycles. The van der Waals surface area contributed by atoms with E-state index in [1.54, 1.807) is 7.11 Å². The Kier molecular flexibility index (Phi) is 4.16. The number of hydrogen-bond acceptors (Lipinski definition) is 3. The van der Waals surface area contributed by atoms with Crippen LogP contribution in [0.2, 0.25) is 5.02 Å². The maximum atomic E-state index is 5.94. The van der Waals surface area contributed by atoms with Crippen molar-refractivity contribution in [3.05, 3.63) is 58.5 Å². The summed E-state index contributed by atoms with van der Waals surface area (Å²) in [4.78, 5) is 9.38. The molecular weight excluding hydrogens is 296 g/mol. The van der Waals surface area contributed by atoms with E-state index in [0.717, 1.165) is 39.9 Å². The summed E-state index contributed by atoms with van der Waals surface area (Å²) in [6.07, 6.45) is 5.10. The second-order valence-corrected chi connectivity index (χ2v) is 6.22. The van der Waals surface area contributed by atoms with E-state index in [9.17, 15) is 0 Å². The highest BCUT2D eigenvalue weighted by atomic mass is 35.5. The van der Waals surface area contributed by atoms with E-state index in [1.165, 1.54) is 0 Å². The Balaban J connectivity index is 1.94. The number of ether oxygens (including phenoxy) is 1. The summed E-state index contributed by atoms with van der Waals surface area (Å²) >= 11 is 5.94. The first-order valence-electron chi connectivity index (χ1n) is 7.47. The summed E-state index contributed by atoms with van der Waals surface area (Å²) in [6, 6.07) is 8.05. The number of methoxy groups -OCH3 is 1. The van der Waals surface area contributed by atoms with Crippen LogP contribution in [0, 0.1) is 5.92 Å². The molecule has 2 atom stereocenters. The monoisotopic (exact) mass is 314 g/mol. The molecule has 3 nitrogen and oxygen atoms in total. The Bertz CT molecular complexity index is 698. The molecule has 0 aliphatic carbocycles. The molecule has 0 radical (unpaired) electrons. The Morgan fingerprint density at radius 3 is 2.55 bits per heavy atom. The Morgan fingerprint density at radius 1 is 1.23 bits per heavy atom. The van der Waals surface area contributed by atoms with Crippen LogP contribution in [0.5, 0.6) is 0 Å². The van der Waals surface area contributed by atoms with E-state index in [2.05, 4.69) is 18.8 Å². The van der Waals surface area contributed by atoms with Crippen LogP contribution in [0.3, 0.4) is 0 Å². The van der Waals surface area contributed by atoms with Gasteiger partial charge in [-0.2, -0.15) is 0 Å². The quantitative estimate of drug-likeness (QED) is 0.812. The van der Waals surface area contributed by atoms with Gasteiger partial charge in [0.1, 0.15) is 11.5 Å². The molecule has 22 heavy (non-hydrogen) atoms. The fraction of sp³-hybridized carbons (Fsp3) is 0.333. The van der Waals surface area contributed by atoms with Gasteiger partial charge < -0.3 is 4.74 Å². The third-order valence-corrected chi connectivity index (χ3v) is 4.23. The van der Waals surface area contributed by atoms with Crippen molar-refractivity contribution < 1.29 is 4.74 Å². The fourth-order valence-electron chi connectivity index (χ4n) is 2.84. The Morgan fingerprint density at radius 2 is 1.95 bits per heavy atom. The maximum absolute atomic E-state index is 5.94. The van der Waals surface area contributed by atoms with E-state index >= 15 is 0 Å². The van der Waals surface area contributed by atoms with Gasteiger partial charge in [0.25, 0.3) is 0 Å². The van der Waals surface area contributed by atoms with E-state index in [4.69, 9.17) is 21.3 Å². The summed E-state index contributed by atoms with van der Waals surface area (Å²) in [5, 5.41) is 0.720. The van der Waals surface area contributed by atoms with Gasteiger partial charge in [0.2, 0.25) is 0 Å². The summed E-state index contributed by atoms with van der Waals surface area (Å²) < 4.78 is 5.47. The van der Waals surface area contributed by atoms with E-state index in [0.29, 0.717) is 12.0 Å². The van der Waals surface area contributed by atoms with Gasteiger partial charge in [0.15, 0.2) is 0 Å². The van der Waals surface area contributed by atoms with Crippen LogP contribution in [-0.2, 0) is 4.74 Å². The van der Waals surface area contributed by atoms with Gasteiger partial charge in [-0.1, -0.05) is 30.7 Å². The van der Waals surface area contributed by atoms with Crippen molar-refractivity contribution in [1.82, 2.24) is 0 Å². The molecule has 3 rings (SSSR count). The van der Waals surface area contributed by atoms with Gasteiger partial charge >= 0.3 is 0 Å². The average molecular weight is 315 g/mol. The minimum Gasteiger partial charge on any atom is -0.494 e. The van der Waals surface area contributed by atoms with Crippen LogP contribution < -0.4 is 0 Å². The van der Waals surface area contributed by atoms with Crippen molar-refractivity contribution in [2.45, 2.75) is 26.3 Å². The molecule has 114 valence electrons. The van der Waals surface area contributed by atoms with Crippen molar-refractivity contribution in [3.8, 4) is 0 Å². The lowest BCUT2D eigenvalue weighted by atomic mass is 10.0. The first-order chi connectivity index (χ1) is 10.6. The van der Waals surface area contributed by atoms with Crippen molar-refractivity contribution in [2.24, 2.45) is 15.9 Å². The second-order valence-electron chi connectivity index (χ2n) is 5.79. The van der Waals surface area contributed by atoms with Crippen molar-refractivity contribution in [3.63, 3.8) is 0 Å². The van der Waals surface area contributed by atoms with Crippen molar-refractivity contribution in [1.29, 1.82) is 0 Å². The first kappa shape index (κ1) is 15.0. The molecule has 2 unspecified atom stereocenters. The topological polar surface area (TPSA) is 34.0 Å². The highest BCUT2D eigenvalue weighted by Crippen LogP contribution is 2.27. The third kappa shape index (κ3) is 3.00. The zero-order valence-electron chi connectivity index (χ0n) is 13.0. The van der Waals surface area contributed by atoms with Crippen LogP contribution in [0.4, 0.5) is 0 Å². The van der Waals surface area contributed by atoms with Crippen LogP contribution in [0.25, 0.3) is 0 Å². The molecule has 0 saturated heterocycles. The number of halogens is 1. The lowest BCUT2D eigenvalue weighted by Crippen LogP contribution is -2.03. The Hall–Kier alpha value is -1.87. The van der Waals surface area contributed by atoms with E-state index < -0.39 is 0 Å². The van der Waals surface area contributed by atoms with Crippen LogP contribution >= 0.6 is 11.6 Å². The average Bonchev–Trinajstić information content (AvgIpc) is 3.03. The normalized spacial score (nSPS) is 26.0. The molecule has 1 aromatic rings. The van der Waals surface area contributed by atoms with Crippen molar-refractivity contribution >= 4 is 23.0 Å². The maximum Gasteiger partial charge on any atom is 0.146 e. The number of nitrogens with zero attached hydrogens (tertiary/aromatic N) is 2. The van der Waals surface area contributed by atoms with Gasteiger partial charge in [0.05, 0.1) is 12.8 Å². The van der Waals surface area contributed by atoms with Crippen LogP contribution in [0.1, 0.15) is 25.8 Å². The summed E-state index contributed by atoms with van der Waals surface area (Å²) in [6.45, 7) is 4.35. The molecule has 0 saturated carbocycles. The number of benzene rings is 1. The van der Waals surface area contributed by atoms with Gasteiger partial charge in [-0.05, 0) is 31.6 Å². The smallest absolute Gasteiger partial charge is 0.146 e. The molecule has 0 fully saturated rings. The molecular formula is C18H19ClN2O. The summed E-state index contributed by atoms with van der Waals surface area (Å²) in [5.41, 5.74) is 3.86. The lowest BCUT2D eigenvalue weighted by molar-refractivity contribution is 0.302. The van der Waals surface area contributed by atoms with Crippen LogP contribution in [0.15, 0.2) is 57.9 Å². The predicted molar refractivity (Wildman–Crippen MR) is 91.8 cm³/mol. The van der Waals surface area contributed by atoms with Crippen LogP contribution in [-0.4, -0.2) is 24.6 Å². The van der Waals surface area contributed by atoms with Gasteiger partial charge in [-0.3, -0.25) is 4.99 Å². The fourth-order valence-corrected chi connectivity index (χ4v) is 2.96. The molecule has 4 heteroatoms. The minimum atomic E-state index is 0.387. The molecule has 0 bridgehead atoms.